The smallest absolute Gasteiger partial charge is 0.206 e. The number of hydrogen-bond donors (Lipinski definition) is 0. The third kappa shape index (κ3) is 3.88. The first-order chi connectivity index (χ1) is 10.8. The van der Waals surface area contributed by atoms with Crippen LogP contribution in [-0.2, 0) is 4.43 Å². The molecule has 0 saturated heterocycles. The fourth-order valence-corrected chi connectivity index (χ4v) is 3.37. The number of hydrogen-bond acceptors (Lipinski definition) is 5. The normalized spacial score (nSPS) is 13.3. The molecule has 0 fully saturated rings. The number of pyridine rings is 1. The largest absolute Gasteiger partial charge is 0.406 e. The van der Waals surface area contributed by atoms with Crippen LogP contribution in [0, 0.1) is 5.41 Å². The maximum atomic E-state index is 11.7. The van der Waals surface area contributed by atoms with Crippen LogP contribution in [0.25, 0.3) is 11.3 Å². The van der Waals surface area contributed by atoms with Gasteiger partial charge in [0, 0.05) is 11.8 Å². The summed E-state index contributed by atoms with van der Waals surface area (Å²) in [5.74, 6) is 0.439. The van der Waals surface area contributed by atoms with Crippen molar-refractivity contribution in [2.24, 2.45) is 5.41 Å². The minimum absolute atomic E-state index is 0.241. The van der Waals surface area contributed by atoms with E-state index in [1.165, 1.54) is 0 Å². The highest BCUT2D eigenvalue weighted by Gasteiger charge is 2.35. The van der Waals surface area contributed by atoms with Crippen molar-refractivity contribution in [1.82, 2.24) is 10.1 Å². The molecule has 0 spiro atoms. The van der Waals surface area contributed by atoms with Crippen LogP contribution in [0.5, 0.6) is 0 Å². The van der Waals surface area contributed by atoms with E-state index in [2.05, 4.69) is 10.1 Å². The molecule has 0 aliphatic rings. The highest BCUT2D eigenvalue weighted by Crippen LogP contribution is 2.40. The van der Waals surface area contributed by atoms with Crippen molar-refractivity contribution in [2.75, 3.05) is 0 Å². The Morgan fingerprint density at radius 3 is 2.61 bits per heavy atom. The third-order valence-electron chi connectivity index (χ3n) is 3.27. The Morgan fingerprint density at radius 2 is 2.09 bits per heavy atom. The average Bonchev–Trinajstić information content (AvgIpc) is 2.87. The van der Waals surface area contributed by atoms with Crippen molar-refractivity contribution >= 4 is 26.9 Å². The zero-order chi connectivity index (χ0) is 17.2. The van der Waals surface area contributed by atoms with Gasteiger partial charge in [-0.05, 0) is 30.6 Å². The zero-order valence-corrected chi connectivity index (χ0v) is 15.6. The van der Waals surface area contributed by atoms with Crippen LogP contribution in [-0.4, -0.2) is 25.5 Å². The highest BCUT2D eigenvalue weighted by atomic mass is 35.5. The number of aromatic nitrogens is 2. The van der Waals surface area contributed by atoms with Gasteiger partial charge in [0.1, 0.15) is 17.0 Å². The lowest BCUT2D eigenvalue weighted by Gasteiger charge is -2.30. The van der Waals surface area contributed by atoms with Gasteiger partial charge in [0.2, 0.25) is 9.04 Å². The molecule has 0 aromatic carbocycles. The van der Waals surface area contributed by atoms with Crippen LogP contribution >= 0.6 is 11.6 Å². The summed E-state index contributed by atoms with van der Waals surface area (Å²) in [4.78, 5) is 15.7. The van der Waals surface area contributed by atoms with Crippen molar-refractivity contribution < 1.29 is 13.7 Å². The second kappa shape index (κ2) is 6.94. The lowest BCUT2D eigenvalue weighted by Crippen LogP contribution is -2.26. The Labute approximate surface area is 142 Å². The molecule has 1 unspecified atom stereocenters. The Bertz CT molecular complexity index is 695. The van der Waals surface area contributed by atoms with Crippen LogP contribution in [0.15, 0.2) is 22.9 Å². The summed E-state index contributed by atoms with van der Waals surface area (Å²) in [5, 5.41) is 4.34. The SMILES string of the molecule is C[Si](C)OC(c1onc(-c2cccnc2Cl)c1C=O)C(C)(C)C. The van der Waals surface area contributed by atoms with E-state index in [9.17, 15) is 4.79 Å². The minimum atomic E-state index is -0.992. The molecular weight excluding hydrogens is 332 g/mol. The van der Waals surface area contributed by atoms with Gasteiger partial charge in [0.25, 0.3) is 0 Å². The van der Waals surface area contributed by atoms with Gasteiger partial charge in [0.15, 0.2) is 12.0 Å². The second-order valence-electron chi connectivity index (χ2n) is 6.54. The average molecular weight is 352 g/mol. The topological polar surface area (TPSA) is 65.2 Å². The molecular formula is C16H20ClN2O3Si. The van der Waals surface area contributed by atoms with E-state index < -0.39 is 9.04 Å². The monoisotopic (exact) mass is 351 g/mol. The molecule has 7 heteroatoms. The van der Waals surface area contributed by atoms with Crippen LogP contribution in [0.1, 0.15) is 43.0 Å². The zero-order valence-electron chi connectivity index (χ0n) is 13.9. The number of rotatable bonds is 5. The van der Waals surface area contributed by atoms with Crippen molar-refractivity contribution in [2.45, 2.75) is 40.0 Å². The lowest BCUT2D eigenvalue weighted by atomic mass is 9.86. The van der Waals surface area contributed by atoms with E-state index >= 15 is 0 Å². The Kier molecular flexibility index (Phi) is 5.39. The molecule has 0 saturated carbocycles. The molecule has 0 amide bonds. The van der Waals surface area contributed by atoms with Crippen LogP contribution in [0.3, 0.4) is 0 Å². The number of carbonyl (C=O) groups excluding carboxylic acids is 1. The van der Waals surface area contributed by atoms with Crippen molar-refractivity contribution in [3.63, 3.8) is 0 Å². The molecule has 2 aromatic heterocycles. The van der Waals surface area contributed by atoms with Crippen LogP contribution < -0.4 is 0 Å². The molecule has 23 heavy (non-hydrogen) atoms. The van der Waals surface area contributed by atoms with Gasteiger partial charge >= 0.3 is 0 Å². The van der Waals surface area contributed by atoms with E-state index in [-0.39, 0.29) is 16.7 Å². The fraction of sp³-hybridized carbons (Fsp3) is 0.438. The van der Waals surface area contributed by atoms with Gasteiger partial charge in [-0.2, -0.15) is 0 Å². The first-order valence-corrected chi connectivity index (χ1v) is 10.1. The van der Waals surface area contributed by atoms with Gasteiger partial charge in [-0.15, -0.1) is 0 Å². The van der Waals surface area contributed by atoms with E-state index in [4.69, 9.17) is 20.6 Å². The molecule has 0 aliphatic heterocycles. The second-order valence-corrected chi connectivity index (χ2v) is 8.95. The molecule has 0 bridgehead atoms. The maximum Gasteiger partial charge on any atom is 0.206 e. The summed E-state index contributed by atoms with van der Waals surface area (Å²) >= 11 is 6.12. The minimum Gasteiger partial charge on any atom is -0.406 e. The van der Waals surface area contributed by atoms with Crippen LogP contribution in [0.4, 0.5) is 0 Å². The van der Waals surface area contributed by atoms with E-state index in [0.29, 0.717) is 22.6 Å². The molecule has 2 heterocycles. The Morgan fingerprint density at radius 1 is 1.39 bits per heavy atom. The Balaban J connectivity index is 2.56. The summed E-state index contributed by atoms with van der Waals surface area (Å²) < 4.78 is 11.6. The Hall–Kier alpha value is -1.50. The van der Waals surface area contributed by atoms with Gasteiger partial charge < -0.3 is 8.95 Å². The predicted molar refractivity (Wildman–Crippen MR) is 90.9 cm³/mol. The van der Waals surface area contributed by atoms with Crippen molar-refractivity contribution in [1.29, 1.82) is 0 Å². The molecule has 0 N–H and O–H groups in total. The van der Waals surface area contributed by atoms with E-state index in [1.54, 1.807) is 18.3 Å². The molecule has 5 nitrogen and oxygen atoms in total. The van der Waals surface area contributed by atoms with Crippen molar-refractivity contribution in [3.05, 3.63) is 34.8 Å². The van der Waals surface area contributed by atoms with Gasteiger partial charge in [-0.1, -0.05) is 37.5 Å². The quantitative estimate of drug-likeness (QED) is 0.449. The van der Waals surface area contributed by atoms with Crippen LogP contribution in [0.2, 0.25) is 18.2 Å². The molecule has 2 aromatic rings. The third-order valence-corrected chi connectivity index (χ3v) is 4.27. The van der Waals surface area contributed by atoms with E-state index in [1.807, 2.05) is 33.9 Å². The predicted octanol–water partition coefficient (Wildman–Crippen LogP) is 4.56. The number of carbonyl (C=O) groups is 1. The summed E-state index contributed by atoms with van der Waals surface area (Å²) in [5.41, 5.74) is 1.09. The number of halogens is 1. The summed E-state index contributed by atoms with van der Waals surface area (Å²) in [6, 6.07) is 3.49. The summed E-state index contributed by atoms with van der Waals surface area (Å²) in [6.45, 7) is 10.2. The first-order valence-electron chi connectivity index (χ1n) is 7.28. The highest BCUT2D eigenvalue weighted by molar-refractivity contribution is 6.48. The maximum absolute atomic E-state index is 11.7. The fourth-order valence-electron chi connectivity index (χ4n) is 2.23. The summed E-state index contributed by atoms with van der Waals surface area (Å²) in [7, 11) is -0.992. The number of nitrogens with zero attached hydrogens (tertiary/aromatic N) is 2. The van der Waals surface area contributed by atoms with Gasteiger partial charge in [0.05, 0.1) is 5.56 Å². The lowest BCUT2D eigenvalue weighted by molar-refractivity contribution is 0.0593. The molecule has 123 valence electrons. The molecule has 1 radical (unpaired) electrons. The number of aldehydes is 1. The van der Waals surface area contributed by atoms with E-state index in [0.717, 1.165) is 6.29 Å². The van der Waals surface area contributed by atoms with Crippen molar-refractivity contribution in [3.8, 4) is 11.3 Å². The first kappa shape index (κ1) is 17.8. The molecule has 0 aliphatic carbocycles. The molecule has 2 rings (SSSR count). The van der Waals surface area contributed by atoms with Gasteiger partial charge in [-0.25, -0.2) is 4.98 Å². The molecule has 1 atom stereocenters. The van der Waals surface area contributed by atoms with Gasteiger partial charge in [-0.3, -0.25) is 4.79 Å². The standard InChI is InChI=1S/C16H20ClN2O3Si/c1-16(2,3)14(22-23(4)5)13-11(9-20)12(19-21-13)10-7-6-8-18-15(10)17/h6-9,14H,1-5H3. The summed E-state index contributed by atoms with van der Waals surface area (Å²) in [6.07, 6.45) is 1.96.